The molecule has 2 aliphatic rings. The molecule has 2 unspecified atom stereocenters. The molecule has 0 aromatic rings. The number of amides is 5. The number of aliphatic hydroxyl groups excluding tert-OH is 1. The summed E-state index contributed by atoms with van der Waals surface area (Å²) in [6, 6.07) is -4.14. The summed E-state index contributed by atoms with van der Waals surface area (Å²) in [5, 5.41) is 22.2. The maximum Gasteiger partial charge on any atom is 0.315 e. The van der Waals surface area contributed by atoms with Crippen LogP contribution in [0.3, 0.4) is 0 Å². The minimum atomic E-state index is -1.03. The number of fused-ring (bicyclic) bond motifs is 1. The van der Waals surface area contributed by atoms with Gasteiger partial charge in [0.2, 0.25) is 17.6 Å². The number of carbonyl (C=O) groups is 5. The van der Waals surface area contributed by atoms with Crippen LogP contribution in [0.4, 0.5) is 4.79 Å². The van der Waals surface area contributed by atoms with Gasteiger partial charge >= 0.3 is 6.03 Å². The summed E-state index contributed by atoms with van der Waals surface area (Å²) in [6.07, 6.45) is 1.31. The first-order chi connectivity index (χ1) is 21.0. The number of likely N-dealkylation sites (tertiary alicyclic amines) is 1. The third kappa shape index (κ3) is 8.87. The van der Waals surface area contributed by atoms with Crippen LogP contribution >= 0.6 is 0 Å². The van der Waals surface area contributed by atoms with Gasteiger partial charge in [-0.2, -0.15) is 0 Å². The predicted octanol–water partition coefficient (Wildman–Crippen LogP) is 2.41. The third-order valence-corrected chi connectivity index (χ3v) is 9.74. The Bertz CT molecular complexity index is 1160. The molecule has 1 saturated carbocycles. The van der Waals surface area contributed by atoms with E-state index in [1.54, 1.807) is 11.9 Å². The number of rotatable bonds is 14. The first-order valence-electron chi connectivity index (χ1n) is 16.5. The minimum absolute atomic E-state index is 0.0243. The molecule has 1 aliphatic heterocycles. The molecule has 2 fully saturated rings. The SMILES string of the molecule is C=CCNC(=O)C(=O)C(CCC)NC(=O)[C@@H]1[C@@H]2[C@H](CN1C(=O)[C@@H](NC(=O)N[C@H](C(O)N(C)C(C)C)C(C)(C)C)C(C)(C)C)C2(C)C. The Morgan fingerprint density at radius 1 is 1.02 bits per heavy atom. The van der Waals surface area contributed by atoms with Gasteiger partial charge in [-0.15, -0.1) is 6.58 Å². The molecule has 12 nitrogen and oxygen atoms in total. The summed E-state index contributed by atoms with van der Waals surface area (Å²) < 4.78 is 0. The number of piperidine rings is 1. The van der Waals surface area contributed by atoms with Crippen molar-refractivity contribution in [2.75, 3.05) is 20.1 Å². The normalized spacial score (nSPS) is 23.1. The minimum Gasteiger partial charge on any atom is -0.376 e. The first kappa shape index (κ1) is 39.2. The molecule has 0 radical (unpaired) electrons. The van der Waals surface area contributed by atoms with E-state index in [0.29, 0.717) is 13.0 Å². The molecule has 262 valence electrons. The van der Waals surface area contributed by atoms with Crippen LogP contribution in [0.2, 0.25) is 0 Å². The molecular formula is C34H60N6O6. The number of carbonyl (C=O) groups excluding carboxylic acids is 5. The second-order valence-electron chi connectivity index (χ2n) is 16.0. The molecular weight excluding hydrogens is 588 g/mol. The van der Waals surface area contributed by atoms with Crippen molar-refractivity contribution in [1.82, 2.24) is 31.1 Å². The highest BCUT2D eigenvalue weighted by molar-refractivity contribution is 6.38. The van der Waals surface area contributed by atoms with E-state index in [2.05, 4.69) is 41.7 Å². The summed E-state index contributed by atoms with van der Waals surface area (Å²) in [7, 11) is 1.78. The van der Waals surface area contributed by atoms with Gasteiger partial charge in [-0.25, -0.2) is 4.79 Å². The highest BCUT2D eigenvalue weighted by Gasteiger charge is 2.70. The van der Waals surface area contributed by atoms with Crippen LogP contribution in [0.1, 0.15) is 89.0 Å². The monoisotopic (exact) mass is 648 g/mol. The van der Waals surface area contributed by atoms with E-state index in [1.807, 2.05) is 62.3 Å². The molecule has 0 aromatic carbocycles. The van der Waals surface area contributed by atoms with Crippen LogP contribution in [0.15, 0.2) is 12.7 Å². The lowest BCUT2D eigenvalue weighted by Gasteiger charge is -2.41. The lowest BCUT2D eigenvalue weighted by molar-refractivity contribution is -0.145. The summed E-state index contributed by atoms with van der Waals surface area (Å²) >= 11 is 0. The average Bonchev–Trinajstić information content (AvgIpc) is 3.26. The van der Waals surface area contributed by atoms with E-state index in [1.165, 1.54) is 11.0 Å². The van der Waals surface area contributed by atoms with E-state index in [0.717, 1.165) is 0 Å². The van der Waals surface area contributed by atoms with Gasteiger partial charge in [0.05, 0.1) is 12.1 Å². The van der Waals surface area contributed by atoms with Gasteiger partial charge in [-0.1, -0.05) is 74.8 Å². The molecule has 0 spiro atoms. The number of likely N-dealkylation sites (N-methyl/N-ethyl adjacent to an activating group) is 1. The van der Waals surface area contributed by atoms with E-state index in [-0.39, 0.29) is 36.3 Å². The second kappa shape index (κ2) is 14.8. The molecule has 12 heteroatoms. The summed E-state index contributed by atoms with van der Waals surface area (Å²) in [6.45, 7) is 25.1. The van der Waals surface area contributed by atoms with Crippen LogP contribution in [0, 0.1) is 28.1 Å². The molecule has 5 N–H and O–H groups in total. The molecule has 0 aromatic heterocycles. The number of nitrogens with one attached hydrogen (secondary N) is 4. The molecule has 7 atom stereocenters. The van der Waals surface area contributed by atoms with E-state index < -0.39 is 70.8 Å². The fourth-order valence-corrected chi connectivity index (χ4v) is 6.45. The van der Waals surface area contributed by atoms with Crippen molar-refractivity contribution in [1.29, 1.82) is 0 Å². The second-order valence-corrected chi connectivity index (χ2v) is 16.0. The van der Waals surface area contributed by atoms with Gasteiger partial charge in [0.1, 0.15) is 18.3 Å². The number of ketones is 1. The van der Waals surface area contributed by atoms with Crippen molar-refractivity contribution < 1.29 is 29.1 Å². The van der Waals surface area contributed by atoms with E-state index in [9.17, 15) is 29.1 Å². The van der Waals surface area contributed by atoms with Crippen LogP contribution in [0.25, 0.3) is 0 Å². The molecule has 5 amide bonds. The van der Waals surface area contributed by atoms with E-state index in [4.69, 9.17) is 0 Å². The van der Waals surface area contributed by atoms with Crippen molar-refractivity contribution in [3.05, 3.63) is 12.7 Å². The largest absolute Gasteiger partial charge is 0.376 e. The maximum absolute atomic E-state index is 14.3. The third-order valence-electron chi connectivity index (χ3n) is 9.74. The van der Waals surface area contributed by atoms with Crippen molar-refractivity contribution in [3.63, 3.8) is 0 Å². The zero-order valence-corrected chi connectivity index (χ0v) is 30.1. The van der Waals surface area contributed by atoms with Gasteiger partial charge in [-0.05, 0) is 55.4 Å². The Kier molecular flexibility index (Phi) is 12.6. The van der Waals surface area contributed by atoms with Crippen LogP contribution in [-0.4, -0.2) is 101 Å². The zero-order valence-electron chi connectivity index (χ0n) is 30.1. The molecule has 1 aliphatic carbocycles. The number of urea groups is 1. The smallest absolute Gasteiger partial charge is 0.315 e. The number of Topliss-reactive ketones (excluding diaryl/α,β-unsaturated/α-hetero) is 1. The Morgan fingerprint density at radius 3 is 2.09 bits per heavy atom. The summed E-state index contributed by atoms with van der Waals surface area (Å²) in [4.78, 5) is 70.4. The van der Waals surface area contributed by atoms with Crippen molar-refractivity contribution in [2.24, 2.45) is 28.1 Å². The van der Waals surface area contributed by atoms with Crippen molar-refractivity contribution in [3.8, 4) is 0 Å². The van der Waals surface area contributed by atoms with Crippen LogP contribution in [-0.2, 0) is 19.2 Å². The molecule has 46 heavy (non-hydrogen) atoms. The van der Waals surface area contributed by atoms with Crippen molar-refractivity contribution in [2.45, 2.75) is 125 Å². The van der Waals surface area contributed by atoms with Crippen LogP contribution < -0.4 is 21.3 Å². The highest BCUT2D eigenvalue weighted by Crippen LogP contribution is 2.65. The Morgan fingerprint density at radius 2 is 1.61 bits per heavy atom. The first-order valence-corrected chi connectivity index (χ1v) is 16.5. The Labute approximate surface area is 275 Å². The molecule has 1 heterocycles. The van der Waals surface area contributed by atoms with Gasteiger partial charge in [0.25, 0.3) is 5.91 Å². The lowest BCUT2D eigenvalue weighted by Crippen LogP contribution is -2.64. The molecule has 1 saturated heterocycles. The highest BCUT2D eigenvalue weighted by atomic mass is 16.3. The molecule has 0 bridgehead atoms. The standard InChI is InChI=1S/C34H60N6O6/c1-14-16-21(24(41)28(43)35-17-15-2)36-27(42)23-22-20(34(22,11)12)18-40(23)30(45)26(33(8,9)10)38-31(46)37-25(32(5,6)7)29(44)39(13)19(3)4/h15,19-23,25-26,29,44H,2,14,16-18H2,1,3-13H3,(H,35,43)(H,36,42)(H2,37,38,46)/t20-,21?,22-,23-,25+,26+,29?/m0/s1. The van der Waals surface area contributed by atoms with Crippen LogP contribution in [0.5, 0.6) is 0 Å². The number of hydrogen-bond acceptors (Lipinski definition) is 7. The summed E-state index contributed by atoms with van der Waals surface area (Å²) in [5.41, 5.74) is -1.43. The number of hydrogen-bond donors (Lipinski definition) is 5. The van der Waals surface area contributed by atoms with Gasteiger partial charge in [0, 0.05) is 19.1 Å². The lowest BCUT2D eigenvalue weighted by atomic mass is 9.84. The average molecular weight is 649 g/mol. The van der Waals surface area contributed by atoms with Crippen molar-refractivity contribution >= 4 is 29.5 Å². The van der Waals surface area contributed by atoms with Gasteiger partial charge in [0.15, 0.2) is 0 Å². The molecule has 2 rings (SSSR count). The zero-order chi connectivity index (χ0) is 35.5. The Hall–Kier alpha value is -2.99. The van der Waals surface area contributed by atoms with Gasteiger partial charge in [-0.3, -0.25) is 24.1 Å². The number of aliphatic hydroxyl groups is 1. The summed E-state index contributed by atoms with van der Waals surface area (Å²) in [5.74, 6) is -2.50. The maximum atomic E-state index is 14.3. The fraction of sp³-hybridized carbons (Fsp3) is 0.794. The number of nitrogens with zero attached hydrogens (tertiary/aromatic N) is 2. The van der Waals surface area contributed by atoms with E-state index >= 15 is 0 Å². The fourth-order valence-electron chi connectivity index (χ4n) is 6.45. The quantitative estimate of drug-likeness (QED) is 0.110. The Balaban J connectivity index is 2.34. The predicted molar refractivity (Wildman–Crippen MR) is 178 cm³/mol. The van der Waals surface area contributed by atoms with Gasteiger partial charge < -0.3 is 31.3 Å². The topological polar surface area (TPSA) is 160 Å².